The molecule has 0 spiro atoms. The maximum absolute atomic E-state index is 13.2. The third kappa shape index (κ3) is 83.8. The van der Waals surface area contributed by atoms with E-state index in [0.717, 1.165) is 95.8 Å². The van der Waals surface area contributed by atoms with Crippen LogP contribution in [0.3, 0.4) is 0 Å². The van der Waals surface area contributed by atoms with Crippen LogP contribution < -0.4 is 0 Å². The monoisotopic (exact) mass is 1590 g/mol. The minimum absolute atomic E-state index is 0.109. The SMILES string of the molecule is CCCCCCCCCCCCCCCCCCCCCCCCC(=O)O[C@H](COC(=O)CCCCCCCCCCCCCCCCC(C)C)COP(=O)(O)OC[C@@H](O)COP(=O)(O)OC[C@@H](COC(=O)CCCCCCCCCCCCCCC)OC(=O)CCCCCCCCCCCCCCCCCCC. The summed E-state index contributed by atoms with van der Waals surface area (Å²) in [6.07, 6.45) is 77.7. The van der Waals surface area contributed by atoms with Crippen molar-refractivity contribution in [2.24, 2.45) is 5.92 Å². The Morgan fingerprint density at radius 3 is 0.624 bits per heavy atom. The number of esters is 4. The zero-order valence-electron chi connectivity index (χ0n) is 71.7. The molecule has 0 fully saturated rings. The normalized spacial score (nSPS) is 13.7. The van der Waals surface area contributed by atoms with Crippen molar-refractivity contribution in [3.63, 3.8) is 0 Å². The second-order valence-corrected chi connectivity index (χ2v) is 35.7. The van der Waals surface area contributed by atoms with Crippen molar-refractivity contribution in [3.8, 4) is 0 Å². The highest BCUT2D eigenvalue weighted by atomic mass is 31.2. The molecule has 5 atom stereocenters. The predicted octanol–water partition coefficient (Wildman–Crippen LogP) is 27.9. The maximum atomic E-state index is 13.2. The highest BCUT2D eigenvalue weighted by Crippen LogP contribution is 2.45. The minimum Gasteiger partial charge on any atom is -0.462 e. The Hall–Kier alpha value is -1.94. The molecule has 109 heavy (non-hydrogen) atoms. The highest BCUT2D eigenvalue weighted by Gasteiger charge is 2.31. The summed E-state index contributed by atoms with van der Waals surface area (Å²) in [5.41, 5.74) is 0. The zero-order valence-corrected chi connectivity index (χ0v) is 73.5. The lowest BCUT2D eigenvalue weighted by Gasteiger charge is -2.21. The Labute approximate surface area is 670 Å². The average Bonchev–Trinajstić information content (AvgIpc) is 0.901. The quantitative estimate of drug-likeness (QED) is 0.0222. The first-order valence-corrected chi connectivity index (χ1v) is 49.6. The van der Waals surface area contributed by atoms with E-state index in [9.17, 15) is 43.2 Å². The zero-order chi connectivity index (χ0) is 79.7. The molecule has 17 nitrogen and oxygen atoms in total. The fourth-order valence-electron chi connectivity index (χ4n) is 14.2. The lowest BCUT2D eigenvalue weighted by molar-refractivity contribution is -0.161. The van der Waals surface area contributed by atoms with E-state index in [1.165, 1.54) is 315 Å². The molecule has 0 saturated heterocycles. The molecule has 19 heteroatoms. The van der Waals surface area contributed by atoms with E-state index < -0.39 is 97.5 Å². The Bertz CT molecular complexity index is 2070. The third-order valence-electron chi connectivity index (χ3n) is 21.3. The van der Waals surface area contributed by atoms with Gasteiger partial charge in [-0.15, -0.1) is 0 Å². The molecule has 648 valence electrons. The van der Waals surface area contributed by atoms with Gasteiger partial charge in [0.2, 0.25) is 0 Å². The van der Waals surface area contributed by atoms with Crippen LogP contribution in [0.2, 0.25) is 0 Å². The van der Waals surface area contributed by atoms with Crippen LogP contribution in [-0.2, 0) is 65.4 Å². The van der Waals surface area contributed by atoms with Crippen LogP contribution in [0.15, 0.2) is 0 Å². The number of phosphoric ester groups is 2. The van der Waals surface area contributed by atoms with Gasteiger partial charge in [0, 0.05) is 25.7 Å². The number of phosphoric acid groups is 2. The first-order chi connectivity index (χ1) is 53.0. The molecule has 0 aliphatic rings. The van der Waals surface area contributed by atoms with Gasteiger partial charge in [0.05, 0.1) is 26.4 Å². The van der Waals surface area contributed by atoms with Crippen molar-refractivity contribution in [3.05, 3.63) is 0 Å². The molecule has 0 rings (SSSR count). The summed E-state index contributed by atoms with van der Waals surface area (Å²) in [7, 11) is -9.93. The second-order valence-electron chi connectivity index (χ2n) is 32.8. The number of hydrogen-bond acceptors (Lipinski definition) is 15. The van der Waals surface area contributed by atoms with Crippen LogP contribution in [-0.4, -0.2) is 96.7 Å². The van der Waals surface area contributed by atoms with Crippen molar-refractivity contribution in [1.29, 1.82) is 0 Å². The van der Waals surface area contributed by atoms with Crippen molar-refractivity contribution < 1.29 is 80.2 Å². The van der Waals surface area contributed by atoms with Gasteiger partial charge in [-0.05, 0) is 31.6 Å². The highest BCUT2D eigenvalue weighted by molar-refractivity contribution is 7.47. The molecule has 0 aliphatic carbocycles. The smallest absolute Gasteiger partial charge is 0.462 e. The molecule has 3 N–H and O–H groups in total. The lowest BCUT2D eigenvalue weighted by atomic mass is 10.0. The summed E-state index contributed by atoms with van der Waals surface area (Å²) in [5, 5.41) is 10.7. The van der Waals surface area contributed by atoms with E-state index >= 15 is 0 Å². The number of rotatable bonds is 90. The summed E-state index contributed by atoms with van der Waals surface area (Å²) in [5.74, 6) is -1.29. The largest absolute Gasteiger partial charge is 0.472 e. The molecular formula is C90H176O17P2. The fourth-order valence-corrected chi connectivity index (χ4v) is 15.8. The first kappa shape index (κ1) is 107. The molecule has 0 heterocycles. The molecule has 0 aromatic heterocycles. The van der Waals surface area contributed by atoms with Gasteiger partial charge in [0.1, 0.15) is 19.3 Å². The number of carbonyl (C=O) groups excluding carboxylic acids is 4. The van der Waals surface area contributed by atoms with Crippen LogP contribution >= 0.6 is 15.6 Å². The third-order valence-corrected chi connectivity index (χ3v) is 23.2. The predicted molar refractivity (Wildman–Crippen MR) is 451 cm³/mol. The standard InChI is InChI=1S/C90H176O17P2/c1-6-9-12-15-18-21-24-27-29-31-32-33-34-35-37-39-46-51-56-61-66-71-76-90(95)107-86(80-101-88(93)74-69-64-59-54-49-44-41-40-43-47-52-57-62-67-72-83(4)5)82-105-109(98,99)103-78-84(91)77-102-108(96,97)104-81-85(79-100-87(92)73-68-63-58-53-48-42-26-23-20-17-14-11-8-3)106-89(94)75-70-65-60-55-50-45-38-36-30-28-25-22-19-16-13-10-7-2/h83-86,91H,6-82H2,1-5H3,(H,96,97)(H,98,99)/t84-,85+,86+/m0/s1. The van der Waals surface area contributed by atoms with Gasteiger partial charge in [-0.1, -0.05) is 439 Å². The Kier molecular flexibility index (Phi) is 81.1. The van der Waals surface area contributed by atoms with Crippen LogP contribution in [0.4, 0.5) is 0 Å². The molecule has 0 radical (unpaired) electrons. The number of aliphatic hydroxyl groups excluding tert-OH is 1. The van der Waals surface area contributed by atoms with Crippen molar-refractivity contribution in [2.45, 2.75) is 509 Å². The Morgan fingerprint density at radius 1 is 0.248 bits per heavy atom. The van der Waals surface area contributed by atoms with E-state index in [4.69, 9.17) is 37.0 Å². The molecule has 0 aromatic rings. The van der Waals surface area contributed by atoms with Crippen molar-refractivity contribution in [1.82, 2.24) is 0 Å². The number of carbonyl (C=O) groups is 4. The maximum Gasteiger partial charge on any atom is 0.472 e. The minimum atomic E-state index is -4.97. The molecule has 0 aliphatic heterocycles. The Morgan fingerprint density at radius 2 is 0.422 bits per heavy atom. The van der Waals surface area contributed by atoms with Gasteiger partial charge < -0.3 is 33.8 Å². The molecule has 0 saturated carbocycles. The Balaban J connectivity index is 5.25. The number of ether oxygens (including phenoxy) is 4. The fraction of sp³-hybridized carbons (Fsp3) is 0.956. The van der Waals surface area contributed by atoms with E-state index in [1.54, 1.807) is 0 Å². The van der Waals surface area contributed by atoms with Crippen LogP contribution in [0.25, 0.3) is 0 Å². The van der Waals surface area contributed by atoms with E-state index in [2.05, 4.69) is 34.6 Å². The molecule has 0 bridgehead atoms. The van der Waals surface area contributed by atoms with Crippen LogP contribution in [0.1, 0.15) is 490 Å². The van der Waals surface area contributed by atoms with Crippen molar-refractivity contribution in [2.75, 3.05) is 39.6 Å². The molecular weight excluding hydrogens is 1410 g/mol. The van der Waals surface area contributed by atoms with Gasteiger partial charge in [-0.25, -0.2) is 9.13 Å². The van der Waals surface area contributed by atoms with Gasteiger partial charge in [0.25, 0.3) is 0 Å². The van der Waals surface area contributed by atoms with Crippen LogP contribution in [0, 0.1) is 5.92 Å². The summed E-state index contributed by atoms with van der Waals surface area (Å²) in [6, 6.07) is 0. The van der Waals surface area contributed by atoms with Gasteiger partial charge >= 0.3 is 39.5 Å². The first-order valence-electron chi connectivity index (χ1n) is 46.6. The summed E-state index contributed by atoms with van der Waals surface area (Å²) in [4.78, 5) is 73.4. The molecule has 0 amide bonds. The van der Waals surface area contributed by atoms with E-state index in [-0.39, 0.29) is 25.7 Å². The summed E-state index contributed by atoms with van der Waals surface area (Å²) < 4.78 is 69.1. The molecule has 0 aromatic carbocycles. The van der Waals surface area contributed by atoms with E-state index in [1.807, 2.05) is 0 Å². The summed E-state index contributed by atoms with van der Waals surface area (Å²) in [6.45, 7) is 7.42. The van der Waals surface area contributed by atoms with Crippen molar-refractivity contribution >= 4 is 39.5 Å². The number of aliphatic hydroxyl groups is 1. The number of hydrogen-bond donors (Lipinski definition) is 3. The van der Waals surface area contributed by atoms with Crippen LogP contribution in [0.5, 0.6) is 0 Å². The second kappa shape index (κ2) is 82.6. The van der Waals surface area contributed by atoms with Gasteiger partial charge in [-0.3, -0.25) is 37.3 Å². The van der Waals surface area contributed by atoms with Gasteiger partial charge in [0.15, 0.2) is 12.2 Å². The summed E-state index contributed by atoms with van der Waals surface area (Å²) >= 11 is 0. The number of unbranched alkanes of at least 4 members (excludes halogenated alkanes) is 62. The van der Waals surface area contributed by atoms with Gasteiger partial charge in [-0.2, -0.15) is 0 Å². The topological polar surface area (TPSA) is 237 Å². The van der Waals surface area contributed by atoms with E-state index in [0.29, 0.717) is 25.7 Å². The lowest BCUT2D eigenvalue weighted by Crippen LogP contribution is -2.30. The average molecular weight is 1590 g/mol. The molecule has 2 unspecified atom stereocenters.